The first kappa shape index (κ1) is 29.2. The van der Waals surface area contributed by atoms with Crippen molar-refractivity contribution in [2.45, 2.75) is 70.0 Å². The molecule has 4 rings (SSSR count). The minimum absolute atomic E-state index is 0.0628. The van der Waals surface area contributed by atoms with Crippen molar-refractivity contribution >= 4 is 44.2 Å². The van der Waals surface area contributed by atoms with Gasteiger partial charge in [-0.05, 0) is 69.9 Å². The Labute approximate surface area is 234 Å². The summed E-state index contributed by atoms with van der Waals surface area (Å²) >= 11 is 1.33. The number of amides is 4. The number of carbonyl (C=O) groups excluding carboxylic acids is 3. The lowest BCUT2D eigenvalue weighted by Crippen LogP contribution is -2.41. The molecule has 1 fully saturated rings. The maximum atomic E-state index is 13.2. The van der Waals surface area contributed by atoms with Crippen LogP contribution in [0.5, 0.6) is 0 Å². The van der Waals surface area contributed by atoms with E-state index in [-0.39, 0.29) is 16.5 Å². The molecule has 3 heterocycles. The molecule has 2 N–H and O–H groups in total. The number of thiophene rings is 1. The van der Waals surface area contributed by atoms with Crippen molar-refractivity contribution in [1.82, 2.24) is 19.4 Å². The van der Waals surface area contributed by atoms with E-state index in [0.29, 0.717) is 36.1 Å². The molecule has 1 saturated heterocycles. The predicted molar refractivity (Wildman–Crippen MR) is 152 cm³/mol. The molecule has 0 saturated carbocycles. The molecule has 0 spiro atoms. The van der Waals surface area contributed by atoms with Crippen molar-refractivity contribution in [3.05, 3.63) is 45.8 Å². The van der Waals surface area contributed by atoms with Gasteiger partial charge in [0.1, 0.15) is 5.00 Å². The normalized spacial score (nSPS) is 18.5. The molecule has 1 aromatic heterocycles. The van der Waals surface area contributed by atoms with Crippen LogP contribution in [0, 0.1) is 0 Å². The second-order valence-electron chi connectivity index (χ2n) is 10.6. The number of benzene rings is 1. The van der Waals surface area contributed by atoms with Crippen LogP contribution in [0.2, 0.25) is 0 Å². The van der Waals surface area contributed by atoms with Gasteiger partial charge in [-0.3, -0.25) is 19.8 Å². The molecule has 1 atom stereocenters. The molecule has 212 valence electrons. The first-order valence-electron chi connectivity index (χ1n) is 13.2. The number of hydrogen-bond donors (Lipinski definition) is 2. The van der Waals surface area contributed by atoms with Gasteiger partial charge in [0.25, 0.3) is 11.8 Å². The van der Waals surface area contributed by atoms with Crippen LogP contribution in [0.3, 0.4) is 0 Å². The second-order valence-corrected chi connectivity index (χ2v) is 13.6. The molecule has 0 bridgehead atoms. The van der Waals surface area contributed by atoms with E-state index < -0.39 is 27.9 Å². The molecule has 10 nitrogen and oxygen atoms in total. The summed E-state index contributed by atoms with van der Waals surface area (Å²) in [6, 6.07) is 5.60. The van der Waals surface area contributed by atoms with Gasteiger partial charge < -0.3 is 10.2 Å². The van der Waals surface area contributed by atoms with E-state index in [4.69, 9.17) is 0 Å². The van der Waals surface area contributed by atoms with Crippen molar-refractivity contribution in [3.8, 4) is 0 Å². The van der Waals surface area contributed by atoms with Gasteiger partial charge in [0.15, 0.2) is 0 Å². The molecule has 0 radical (unpaired) electrons. The molecular formula is C27H37N5O5S2. The van der Waals surface area contributed by atoms with Crippen LogP contribution >= 0.6 is 11.3 Å². The van der Waals surface area contributed by atoms with Crippen LogP contribution in [-0.4, -0.2) is 79.6 Å². The van der Waals surface area contributed by atoms with Crippen molar-refractivity contribution in [3.63, 3.8) is 0 Å². The zero-order valence-corrected chi connectivity index (χ0v) is 24.7. The monoisotopic (exact) mass is 575 g/mol. The standard InChI is InChI=1S/C27H37N5O5S2/c1-17(2)31-15-13-21-22(16-31)38-26(23(21)25(34)29-27(35)30(4)5)28-24(33)19-9-11-20(12-10-19)39(36,37)32-14-7-6-8-18(32)3/h9-12,17-18H,6-8,13-16H2,1-5H3,(H,28,33)(H,29,34,35). The Morgan fingerprint density at radius 3 is 2.36 bits per heavy atom. The lowest BCUT2D eigenvalue weighted by atomic mass is 10.0. The van der Waals surface area contributed by atoms with Gasteiger partial charge in [-0.25, -0.2) is 13.2 Å². The fraction of sp³-hybridized carbons (Fsp3) is 0.519. The topological polar surface area (TPSA) is 119 Å². The molecule has 2 aliphatic rings. The third-order valence-electron chi connectivity index (χ3n) is 7.36. The number of rotatable bonds is 6. The van der Waals surface area contributed by atoms with E-state index in [0.717, 1.165) is 36.2 Å². The molecule has 4 amide bonds. The highest BCUT2D eigenvalue weighted by atomic mass is 32.2. The second kappa shape index (κ2) is 11.7. The van der Waals surface area contributed by atoms with Crippen LogP contribution in [0.1, 0.15) is 71.2 Å². The van der Waals surface area contributed by atoms with Gasteiger partial charge in [0, 0.05) is 56.3 Å². The minimum Gasteiger partial charge on any atom is -0.331 e. The average Bonchev–Trinajstić information content (AvgIpc) is 3.25. The maximum absolute atomic E-state index is 13.2. The van der Waals surface area contributed by atoms with E-state index in [1.54, 1.807) is 14.1 Å². The fourth-order valence-corrected chi connectivity index (χ4v) is 7.95. The molecule has 1 aromatic carbocycles. The largest absolute Gasteiger partial charge is 0.331 e. The summed E-state index contributed by atoms with van der Waals surface area (Å²) < 4.78 is 27.8. The zero-order valence-electron chi connectivity index (χ0n) is 23.1. The van der Waals surface area contributed by atoms with E-state index in [2.05, 4.69) is 29.4 Å². The number of nitrogens with one attached hydrogen (secondary N) is 2. The molecule has 2 aliphatic heterocycles. The first-order valence-corrected chi connectivity index (χ1v) is 15.5. The number of anilines is 1. The third kappa shape index (κ3) is 6.19. The van der Waals surface area contributed by atoms with Crippen LogP contribution < -0.4 is 10.6 Å². The highest BCUT2D eigenvalue weighted by Gasteiger charge is 2.32. The van der Waals surface area contributed by atoms with Crippen LogP contribution in [0.25, 0.3) is 0 Å². The number of imide groups is 1. The molecular weight excluding hydrogens is 538 g/mol. The molecule has 2 aromatic rings. The van der Waals surface area contributed by atoms with Gasteiger partial charge in [-0.1, -0.05) is 6.42 Å². The average molecular weight is 576 g/mol. The number of urea groups is 1. The Morgan fingerprint density at radius 2 is 1.74 bits per heavy atom. The Kier molecular flexibility index (Phi) is 8.79. The number of nitrogens with zero attached hydrogens (tertiary/aromatic N) is 3. The summed E-state index contributed by atoms with van der Waals surface area (Å²) in [4.78, 5) is 43.3. The Morgan fingerprint density at radius 1 is 1.05 bits per heavy atom. The van der Waals surface area contributed by atoms with E-state index in [1.165, 1.54) is 44.8 Å². The third-order valence-corrected chi connectivity index (χ3v) is 10.5. The lowest BCUT2D eigenvalue weighted by Gasteiger charge is -2.32. The van der Waals surface area contributed by atoms with E-state index in [9.17, 15) is 22.8 Å². The van der Waals surface area contributed by atoms with Gasteiger partial charge >= 0.3 is 6.03 Å². The Bertz CT molecular complexity index is 1350. The van der Waals surface area contributed by atoms with Gasteiger partial charge in [-0.2, -0.15) is 4.31 Å². The van der Waals surface area contributed by atoms with Crippen molar-refractivity contribution in [1.29, 1.82) is 0 Å². The molecule has 39 heavy (non-hydrogen) atoms. The summed E-state index contributed by atoms with van der Waals surface area (Å²) in [7, 11) is -0.561. The molecule has 0 aliphatic carbocycles. The van der Waals surface area contributed by atoms with Crippen LogP contribution in [0.15, 0.2) is 29.2 Å². The minimum atomic E-state index is -3.65. The van der Waals surface area contributed by atoms with Crippen LogP contribution in [-0.2, 0) is 23.0 Å². The van der Waals surface area contributed by atoms with Gasteiger partial charge in [0.05, 0.1) is 10.5 Å². The van der Waals surface area contributed by atoms with Gasteiger partial charge in [0.2, 0.25) is 10.0 Å². The first-order chi connectivity index (χ1) is 18.4. The highest BCUT2D eigenvalue weighted by molar-refractivity contribution is 7.89. The highest BCUT2D eigenvalue weighted by Crippen LogP contribution is 2.38. The summed E-state index contributed by atoms with van der Waals surface area (Å²) in [6.45, 7) is 8.05. The smallest absolute Gasteiger partial charge is 0.323 e. The number of piperidine rings is 1. The van der Waals surface area contributed by atoms with E-state index in [1.807, 2.05) is 6.92 Å². The Hall–Kier alpha value is -2.80. The number of fused-ring (bicyclic) bond motifs is 1. The summed E-state index contributed by atoms with van der Waals surface area (Å²) in [5, 5.41) is 5.63. The van der Waals surface area contributed by atoms with Crippen molar-refractivity contribution in [2.24, 2.45) is 0 Å². The number of hydrogen-bond acceptors (Lipinski definition) is 7. The lowest BCUT2D eigenvalue weighted by molar-refractivity contribution is 0.0956. The summed E-state index contributed by atoms with van der Waals surface area (Å²) in [5.41, 5.74) is 1.42. The fourth-order valence-electron chi connectivity index (χ4n) is 4.98. The maximum Gasteiger partial charge on any atom is 0.323 e. The van der Waals surface area contributed by atoms with E-state index >= 15 is 0 Å². The molecule has 12 heteroatoms. The quantitative estimate of drug-likeness (QED) is 0.542. The number of sulfonamides is 1. The summed E-state index contributed by atoms with van der Waals surface area (Å²) in [6.07, 6.45) is 3.30. The Balaban J connectivity index is 1.59. The van der Waals surface area contributed by atoms with Crippen LogP contribution in [0.4, 0.5) is 9.80 Å². The SMILES string of the molecule is CC(C)N1CCc2c(sc(NC(=O)c3ccc(S(=O)(=O)N4CCCCC4C)cc3)c2C(=O)NC(=O)N(C)C)C1. The zero-order chi connectivity index (χ0) is 28.5. The van der Waals surface area contributed by atoms with Gasteiger partial charge in [-0.15, -0.1) is 11.3 Å². The molecule has 1 unspecified atom stereocenters. The predicted octanol–water partition coefficient (Wildman–Crippen LogP) is 3.74. The number of carbonyl (C=O) groups is 3. The summed E-state index contributed by atoms with van der Waals surface area (Å²) in [5.74, 6) is -1.02. The van der Waals surface area contributed by atoms with Crippen molar-refractivity contribution < 1.29 is 22.8 Å². The van der Waals surface area contributed by atoms with Crippen molar-refractivity contribution in [2.75, 3.05) is 32.5 Å².